The molecule has 36 heavy (non-hydrogen) atoms. The summed E-state index contributed by atoms with van der Waals surface area (Å²) in [6.45, 7) is 0.542. The quantitative estimate of drug-likeness (QED) is 0.281. The van der Waals surface area contributed by atoms with E-state index in [-0.39, 0.29) is 4.90 Å². The Kier molecular flexibility index (Phi) is 6.43. The van der Waals surface area contributed by atoms with Gasteiger partial charge in [-0.05, 0) is 66.1 Å². The van der Waals surface area contributed by atoms with E-state index in [0.29, 0.717) is 30.7 Å². The van der Waals surface area contributed by atoms with Crippen LogP contribution in [0.1, 0.15) is 17.5 Å². The summed E-state index contributed by atoms with van der Waals surface area (Å²) in [5, 5.41) is 5.19. The van der Waals surface area contributed by atoms with Gasteiger partial charge < -0.3 is 14.8 Å². The molecule has 0 aliphatic carbocycles. The van der Waals surface area contributed by atoms with Crippen molar-refractivity contribution in [2.24, 2.45) is 0 Å². The van der Waals surface area contributed by atoms with Crippen LogP contribution in [-0.2, 0) is 27.8 Å². The maximum Gasteiger partial charge on any atom is 0.268 e. The third-order valence-corrected chi connectivity index (χ3v) is 7.86. The Bertz CT molecular complexity index is 1660. The average molecular weight is 500 g/mol. The van der Waals surface area contributed by atoms with Crippen molar-refractivity contribution in [3.63, 3.8) is 0 Å². The Hall–Kier alpha value is -4.17. The smallest absolute Gasteiger partial charge is 0.268 e. The van der Waals surface area contributed by atoms with Crippen LogP contribution in [0.4, 0.5) is 5.69 Å². The van der Waals surface area contributed by atoms with Gasteiger partial charge in [0.15, 0.2) is 0 Å². The van der Waals surface area contributed by atoms with Crippen LogP contribution in [0.15, 0.2) is 90.1 Å². The molecule has 0 amide bonds. The molecule has 7 nitrogen and oxygen atoms in total. The molecule has 182 valence electrons. The van der Waals surface area contributed by atoms with E-state index in [0.717, 1.165) is 39.4 Å². The Labute approximate surface area is 209 Å². The van der Waals surface area contributed by atoms with Crippen molar-refractivity contribution in [1.82, 2.24) is 8.96 Å². The van der Waals surface area contributed by atoms with E-state index < -0.39 is 10.0 Å². The Morgan fingerprint density at radius 1 is 1.03 bits per heavy atom. The SMILES string of the molecule is COc1ccc2c(c1)c(CCC=O)cn2S(=O)(=O)c1ccc(CNc2ccc3cccnc3c2)cc1. The minimum Gasteiger partial charge on any atom is -0.497 e. The van der Waals surface area contributed by atoms with Gasteiger partial charge in [-0.2, -0.15) is 0 Å². The molecular weight excluding hydrogens is 474 g/mol. The van der Waals surface area contributed by atoms with Gasteiger partial charge in [-0.25, -0.2) is 12.4 Å². The number of aromatic nitrogens is 2. The monoisotopic (exact) mass is 499 g/mol. The fourth-order valence-electron chi connectivity index (χ4n) is 4.26. The summed E-state index contributed by atoms with van der Waals surface area (Å²) in [6, 6.07) is 22.0. The molecule has 0 unspecified atom stereocenters. The molecule has 0 atom stereocenters. The van der Waals surface area contributed by atoms with Crippen LogP contribution in [0.3, 0.4) is 0 Å². The Morgan fingerprint density at radius 2 is 1.86 bits per heavy atom. The predicted molar refractivity (Wildman–Crippen MR) is 141 cm³/mol. The number of pyridine rings is 1. The number of fused-ring (bicyclic) bond motifs is 2. The van der Waals surface area contributed by atoms with E-state index in [9.17, 15) is 13.2 Å². The maximum atomic E-state index is 13.5. The second-order valence-electron chi connectivity index (χ2n) is 8.45. The van der Waals surface area contributed by atoms with Crippen molar-refractivity contribution >= 4 is 43.8 Å². The highest BCUT2D eigenvalue weighted by molar-refractivity contribution is 7.90. The van der Waals surface area contributed by atoms with Crippen LogP contribution < -0.4 is 10.1 Å². The van der Waals surface area contributed by atoms with Crippen molar-refractivity contribution in [2.75, 3.05) is 12.4 Å². The van der Waals surface area contributed by atoms with Crippen molar-refractivity contribution < 1.29 is 17.9 Å². The van der Waals surface area contributed by atoms with Crippen LogP contribution in [-0.4, -0.2) is 30.8 Å². The first-order valence-corrected chi connectivity index (χ1v) is 13.0. The first kappa shape index (κ1) is 23.6. The normalized spacial score (nSPS) is 11.6. The summed E-state index contributed by atoms with van der Waals surface area (Å²) in [5.41, 5.74) is 4.13. The minimum atomic E-state index is -3.84. The third-order valence-electron chi connectivity index (χ3n) is 6.17. The minimum absolute atomic E-state index is 0.191. The van der Waals surface area contributed by atoms with E-state index in [1.165, 1.54) is 3.97 Å². The fraction of sp³-hybridized carbons (Fsp3) is 0.143. The van der Waals surface area contributed by atoms with Crippen LogP contribution in [0.5, 0.6) is 5.75 Å². The molecule has 0 fully saturated rings. The third kappa shape index (κ3) is 4.55. The number of ether oxygens (including phenoxy) is 1. The first-order valence-electron chi connectivity index (χ1n) is 11.5. The molecule has 8 heteroatoms. The summed E-state index contributed by atoms with van der Waals surface area (Å²) in [5.74, 6) is 0.629. The van der Waals surface area contributed by atoms with Gasteiger partial charge in [0.1, 0.15) is 12.0 Å². The highest BCUT2D eigenvalue weighted by Gasteiger charge is 2.21. The summed E-state index contributed by atoms with van der Waals surface area (Å²) >= 11 is 0. The zero-order valence-corrected chi connectivity index (χ0v) is 20.5. The number of anilines is 1. The van der Waals surface area contributed by atoms with Gasteiger partial charge in [-0.15, -0.1) is 0 Å². The van der Waals surface area contributed by atoms with Gasteiger partial charge >= 0.3 is 0 Å². The number of aldehydes is 1. The standard InChI is InChI=1S/C28H25N3O4S/c1-35-24-10-13-28-26(17-24)22(5-3-15-32)19-31(28)36(33,34)25-11-6-20(7-12-25)18-30-23-9-8-21-4-2-14-29-27(21)16-23/h2,4,6-17,19,30H,3,5,18H2,1H3. The zero-order chi connectivity index (χ0) is 25.1. The molecule has 0 aliphatic rings. The van der Waals surface area contributed by atoms with E-state index in [1.54, 1.807) is 62.0 Å². The summed E-state index contributed by atoms with van der Waals surface area (Å²) in [7, 11) is -2.28. The lowest BCUT2D eigenvalue weighted by Gasteiger charge is -2.10. The zero-order valence-electron chi connectivity index (χ0n) is 19.7. The molecule has 0 radical (unpaired) electrons. The fourth-order valence-corrected chi connectivity index (χ4v) is 5.65. The highest BCUT2D eigenvalue weighted by atomic mass is 32.2. The molecule has 0 saturated heterocycles. The van der Waals surface area contributed by atoms with Crippen molar-refractivity contribution in [1.29, 1.82) is 0 Å². The number of benzene rings is 3. The highest BCUT2D eigenvalue weighted by Crippen LogP contribution is 2.30. The summed E-state index contributed by atoms with van der Waals surface area (Å²) in [6.07, 6.45) is 4.96. The molecule has 2 heterocycles. The number of nitrogens with one attached hydrogen (secondary N) is 1. The molecule has 0 spiro atoms. The van der Waals surface area contributed by atoms with E-state index in [1.807, 2.05) is 30.3 Å². The van der Waals surface area contributed by atoms with Gasteiger partial charge in [0, 0.05) is 41.8 Å². The van der Waals surface area contributed by atoms with Crippen molar-refractivity contribution in [3.05, 3.63) is 96.3 Å². The van der Waals surface area contributed by atoms with Crippen LogP contribution in [0.2, 0.25) is 0 Å². The van der Waals surface area contributed by atoms with Gasteiger partial charge in [0.2, 0.25) is 0 Å². The topological polar surface area (TPSA) is 90.3 Å². The molecule has 0 saturated carbocycles. The summed E-state index contributed by atoms with van der Waals surface area (Å²) < 4.78 is 33.7. The lowest BCUT2D eigenvalue weighted by molar-refractivity contribution is -0.107. The number of methoxy groups -OCH3 is 1. The summed E-state index contributed by atoms with van der Waals surface area (Å²) in [4.78, 5) is 15.5. The molecule has 2 aromatic heterocycles. The number of nitrogens with zero attached hydrogens (tertiary/aromatic N) is 2. The van der Waals surface area contributed by atoms with Crippen molar-refractivity contribution in [2.45, 2.75) is 24.3 Å². The first-order chi connectivity index (χ1) is 17.5. The molecule has 0 bridgehead atoms. The number of carbonyl (C=O) groups excluding carboxylic acids is 1. The number of aryl methyl sites for hydroxylation is 1. The lowest BCUT2D eigenvalue weighted by atomic mass is 10.1. The molecule has 0 aliphatic heterocycles. The number of hydrogen-bond acceptors (Lipinski definition) is 6. The van der Waals surface area contributed by atoms with Crippen LogP contribution in [0, 0.1) is 0 Å². The van der Waals surface area contributed by atoms with Gasteiger partial charge in [0.25, 0.3) is 10.0 Å². The van der Waals surface area contributed by atoms with Gasteiger partial charge in [-0.1, -0.05) is 24.3 Å². The molecule has 5 aromatic rings. The van der Waals surface area contributed by atoms with E-state index >= 15 is 0 Å². The van der Waals surface area contributed by atoms with E-state index in [4.69, 9.17) is 4.74 Å². The van der Waals surface area contributed by atoms with Crippen molar-refractivity contribution in [3.8, 4) is 5.75 Å². The van der Waals surface area contributed by atoms with Gasteiger partial charge in [0.05, 0.1) is 23.0 Å². The molecule has 3 aromatic carbocycles. The number of hydrogen-bond donors (Lipinski definition) is 1. The second-order valence-corrected chi connectivity index (χ2v) is 10.3. The van der Waals surface area contributed by atoms with Crippen LogP contribution >= 0.6 is 0 Å². The largest absolute Gasteiger partial charge is 0.497 e. The van der Waals surface area contributed by atoms with E-state index in [2.05, 4.69) is 10.3 Å². The molecular formula is C28H25N3O4S. The number of carbonyl (C=O) groups is 1. The Morgan fingerprint density at radius 3 is 2.64 bits per heavy atom. The lowest BCUT2D eigenvalue weighted by Crippen LogP contribution is -2.12. The van der Waals surface area contributed by atoms with Crippen LogP contribution in [0.25, 0.3) is 21.8 Å². The molecule has 5 rings (SSSR count). The predicted octanol–water partition coefficient (Wildman–Crippen LogP) is 5.18. The van der Waals surface area contributed by atoms with Gasteiger partial charge in [-0.3, -0.25) is 4.98 Å². The average Bonchev–Trinajstić information content (AvgIpc) is 3.29. The molecule has 1 N–H and O–H groups in total. The second kappa shape index (κ2) is 9.83. The maximum absolute atomic E-state index is 13.5. The number of rotatable bonds is 9. The Balaban J connectivity index is 1.39.